The minimum atomic E-state index is -0.542. The number of hydrogen-bond acceptors (Lipinski definition) is 6. The van der Waals surface area contributed by atoms with Crippen LogP contribution in [0.25, 0.3) is 11.2 Å². The minimum absolute atomic E-state index is 0.204. The van der Waals surface area contributed by atoms with Gasteiger partial charge in [-0.1, -0.05) is 17.7 Å². The number of nitrogens with zero attached hydrogens (tertiary/aromatic N) is 3. The minimum Gasteiger partial charge on any atom is -0.464 e. The predicted molar refractivity (Wildman–Crippen MR) is 109 cm³/mol. The van der Waals surface area contributed by atoms with E-state index in [0.29, 0.717) is 28.4 Å². The summed E-state index contributed by atoms with van der Waals surface area (Å²) in [5.74, 6) is 0.215. The summed E-state index contributed by atoms with van der Waals surface area (Å²) in [4.78, 5) is 32.4. The summed E-state index contributed by atoms with van der Waals surface area (Å²) in [6.07, 6.45) is -0.760. The zero-order valence-corrected chi connectivity index (χ0v) is 17.3. The molecule has 0 aliphatic heterocycles. The summed E-state index contributed by atoms with van der Waals surface area (Å²) in [7, 11) is 1.31. The third-order valence-electron chi connectivity index (χ3n) is 4.15. The highest BCUT2D eigenvalue weighted by Crippen LogP contribution is 2.24. The Morgan fingerprint density at radius 3 is 2.62 bits per heavy atom. The van der Waals surface area contributed by atoms with Crippen LogP contribution in [-0.2, 0) is 16.0 Å². The van der Waals surface area contributed by atoms with E-state index in [1.165, 1.54) is 7.11 Å². The van der Waals surface area contributed by atoms with Gasteiger partial charge in [-0.25, -0.2) is 19.6 Å². The van der Waals surface area contributed by atoms with Crippen LogP contribution in [0.5, 0.6) is 0 Å². The van der Waals surface area contributed by atoms with Crippen LogP contribution >= 0.6 is 11.6 Å². The largest absolute Gasteiger partial charge is 0.464 e. The number of imidazole rings is 1. The molecule has 0 radical (unpaired) electrons. The van der Waals surface area contributed by atoms with Crippen LogP contribution in [0.3, 0.4) is 0 Å². The highest BCUT2D eigenvalue weighted by molar-refractivity contribution is 6.31. The molecule has 3 aromatic rings. The number of halogens is 1. The zero-order valence-electron chi connectivity index (χ0n) is 16.5. The predicted octanol–water partition coefficient (Wildman–Crippen LogP) is 4.18. The van der Waals surface area contributed by atoms with Crippen molar-refractivity contribution < 1.29 is 19.1 Å². The number of carbonyl (C=O) groups excluding carboxylic acids is 2. The third-order valence-corrected chi connectivity index (χ3v) is 4.50. The molecular weight excluding hydrogens is 396 g/mol. The molecule has 0 spiro atoms. The summed E-state index contributed by atoms with van der Waals surface area (Å²) in [6, 6.07) is 8.51. The van der Waals surface area contributed by atoms with Crippen LogP contribution in [0.4, 0.5) is 10.5 Å². The molecule has 0 atom stereocenters. The number of amides is 1. The van der Waals surface area contributed by atoms with E-state index in [2.05, 4.69) is 15.3 Å². The quantitative estimate of drug-likeness (QED) is 0.626. The van der Waals surface area contributed by atoms with Crippen molar-refractivity contribution >= 4 is 40.5 Å². The first-order chi connectivity index (χ1) is 13.8. The molecule has 0 aliphatic carbocycles. The Kier molecular flexibility index (Phi) is 6.03. The fourth-order valence-corrected chi connectivity index (χ4v) is 3.05. The first-order valence-electron chi connectivity index (χ1n) is 8.96. The topological polar surface area (TPSA) is 95.3 Å². The van der Waals surface area contributed by atoms with Crippen molar-refractivity contribution in [3.63, 3.8) is 0 Å². The lowest BCUT2D eigenvalue weighted by atomic mass is 10.2. The van der Waals surface area contributed by atoms with Crippen molar-refractivity contribution in [3.05, 3.63) is 52.4 Å². The van der Waals surface area contributed by atoms with Gasteiger partial charge in [0.05, 0.1) is 19.8 Å². The molecule has 3 rings (SSSR count). The fourth-order valence-electron chi connectivity index (χ4n) is 2.81. The molecule has 0 saturated carbocycles. The summed E-state index contributed by atoms with van der Waals surface area (Å²) in [6.45, 7) is 5.79. The van der Waals surface area contributed by atoms with E-state index in [1.807, 2.05) is 17.6 Å². The van der Waals surface area contributed by atoms with E-state index in [-0.39, 0.29) is 11.8 Å². The maximum absolute atomic E-state index is 11.8. The molecule has 0 unspecified atom stereocenters. The van der Waals surface area contributed by atoms with Crippen molar-refractivity contribution in [2.75, 3.05) is 12.4 Å². The molecule has 152 valence electrons. The molecular formula is C20H21ClN4O4. The van der Waals surface area contributed by atoms with Crippen molar-refractivity contribution in [2.24, 2.45) is 0 Å². The molecule has 1 amide bonds. The second-order valence-electron chi connectivity index (χ2n) is 6.66. The van der Waals surface area contributed by atoms with Crippen LogP contribution in [0, 0.1) is 6.92 Å². The summed E-state index contributed by atoms with van der Waals surface area (Å²) in [5, 5.41) is 3.11. The SMILES string of the molecule is COC(=O)c1ccc2nc(C)n(Cc3ccc(NC(=O)OC(C)C)cc3Cl)c2n1. The molecule has 1 aromatic carbocycles. The molecule has 29 heavy (non-hydrogen) atoms. The summed E-state index contributed by atoms with van der Waals surface area (Å²) < 4.78 is 11.7. The number of carbonyl (C=O) groups is 2. The van der Waals surface area contributed by atoms with E-state index in [9.17, 15) is 9.59 Å². The van der Waals surface area contributed by atoms with Crippen LogP contribution in [-0.4, -0.2) is 39.8 Å². The molecule has 0 bridgehead atoms. The lowest BCUT2D eigenvalue weighted by Crippen LogP contribution is -2.18. The molecule has 0 fully saturated rings. The van der Waals surface area contributed by atoms with Gasteiger partial charge in [0, 0.05) is 10.7 Å². The lowest BCUT2D eigenvalue weighted by Gasteiger charge is -2.12. The van der Waals surface area contributed by atoms with Gasteiger partial charge in [0.2, 0.25) is 0 Å². The average molecular weight is 417 g/mol. The van der Waals surface area contributed by atoms with Gasteiger partial charge in [-0.15, -0.1) is 0 Å². The van der Waals surface area contributed by atoms with Crippen LogP contribution in [0.1, 0.15) is 35.7 Å². The van der Waals surface area contributed by atoms with Gasteiger partial charge in [0.15, 0.2) is 11.3 Å². The second kappa shape index (κ2) is 8.48. The van der Waals surface area contributed by atoms with Gasteiger partial charge >= 0.3 is 12.1 Å². The number of methoxy groups -OCH3 is 1. The van der Waals surface area contributed by atoms with E-state index >= 15 is 0 Å². The first kappa shape index (κ1) is 20.6. The third kappa shape index (κ3) is 4.65. The number of hydrogen-bond donors (Lipinski definition) is 1. The van der Waals surface area contributed by atoms with E-state index in [0.717, 1.165) is 11.4 Å². The molecule has 2 aromatic heterocycles. The Balaban J connectivity index is 1.87. The van der Waals surface area contributed by atoms with Gasteiger partial charge in [0.1, 0.15) is 11.3 Å². The Morgan fingerprint density at radius 1 is 1.21 bits per heavy atom. The number of ether oxygens (including phenoxy) is 2. The van der Waals surface area contributed by atoms with Gasteiger partial charge in [-0.05, 0) is 50.6 Å². The molecule has 0 saturated heterocycles. The number of fused-ring (bicyclic) bond motifs is 1. The fraction of sp³-hybridized carbons (Fsp3) is 0.300. The van der Waals surface area contributed by atoms with E-state index in [1.54, 1.807) is 38.1 Å². The van der Waals surface area contributed by atoms with Crippen LogP contribution in [0.2, 0.25) is 5.02 Å². The van der Waals surface area contributed by atoms with E-state index in [4.69, 9.17) is 21.1 Å². The Hall–Kier alpha value is -3.13. The normalized spacial score (nSPS) is 11.0. The van der Waals surface area contributed by atoms with E-state index < -0.39 is 12.1 Å². The zero-order chi connectivity index (χ0) is 21.1. The number of nitrogens with one attached hydrogen (secondary N) is 1. The highest BCUT2D eigenvalue weighted by atomic mass is 35.5. The Labute approximate surface area is 172 Å². The standard InChI is InChI=1S/C20H21ClN4O4/c1-11(2)29-20(27)23-14-6-5-13(15(21)9-14)10-25-12(3)22-16-7-8-17(19(26)28-4)24-18(16)25/h5-9,11H,10H2,1-4H3,(H,23,27). The number of esters is 1. The number of pyridine rings is 1. The number of aromatic nitrogens is 3. The average Bonchev–Trinajstić information content (AvgIpc) is 2.97. The Morgan fingerprint density at radius 2 is 1.97 bits per heavy atom. The summed E-state index contributed by atoms with van der Waals surface area (Å²) >= 11 is 6.42. The van der Waals surface area contributed by atoms with Gasteiger partial charge in [-0.2, -0.15) is 0 Å². The monoisotopic (exact) mass is 416 g/mol. The molecule has 0 aliphatic rings. The molecule has 1 N–H and O–H groups in total. The van der Waals surface area contributed by atoms with Crippen molar-refractivity contribution in [3.8, 4) is 0 Å². The number of aryl methyl sites for hydroxylation is 1. The summed E-state index contributed by atoms with van der Waals surface area (Å²) in [5.41, 5.74) is 2.77. The molecule has 8 nitrogen and oxygen atoms in total. The highest BCUT2D eigenvalue weighted by Gasteiger charge is 2.15. The van der Waals surface area contributed by atoms with Gasteiger partial charge in [-0.3, -0.25) is 5.32 Å². The molecule has 2 heterocycles. The van der Waals surface area contributed by atoms with Gasteiger partial charge in [0.25, 0.3) is 0 Å². The number of anilines is 1. The number of rotatable bonds is 5. The maximum Gasteiger partial charge on any atom is 0.411 e. The Bertz CT molecular complexity index is 1080. The smallest absolute Gasteiger partial charge is 0.411 e. The van der Waals surface area contributed by atoms with Gasteiger partial charge < -0.3 is 14.0 Å². The number of benzene rings is 1. The van der Waals surface area contributed by atoms with Crippen molar-refractivity contribution in [1.82, 2.24) is 14.5 Å². The van der Waals surface area contributed by atoms with Crippen LogP contribution in [0.15, 0.2) is 30.3 Å². The van der Waals surface area contributed by atoms with Crippen LogP contribution < -0.4 is 5.32 Å². The lowest BCUT2D eigenvalue weighted by molar-refractivity contribution is 0.0594. The second-order valence-corrected chi connectivity index (χ2v) is 7.07. The maximum atomic E-state index is 11.8. The van der Waals surface area contributed by atoms with Crippen molar-refractivity contribution in [1.29, 1.82) is 0 Å². The molecule has 9 heteroatoms. The van der Waals surface area contributed by atoms with Crippen molar-refractivity contribution in [2.45, 2.75) is 33.4 Å². The first-order valence-corrected chi connectivity index (χ1v) is 9.34.